The van der Waals surface area contributed by atoms with Crippen LogP contribution in [0.3, 0.4) is 0 Å². The van der Waals surface area contributed by atoms with Crippen LogP contribution < -0.4 is 4.74 Å². The first kappa shape index (κ1) is 13.2. The summed E-state index contributed by atoms with van der Waals surface area (Å²) < 4.78 is 18.3. The molecular formula is C13H15FO3. The van der Waals surface area contributed by atoms with Gasteiger partial charge in [-0.1, -0.05) is 19.1 Å². The molecule has 17 heavy (non-hydrogen) atoms. The number of benzene rings is 1. The molecule has 0 fully saturated rings. The van der Waals surface area contributed by atoms with Crippen LogP contribution >= 0.6 is 0 Å². The smallest absolute Gasteiger partial charge is 0.364 e. The molecule has 0 aliphatic carbocycles. The molecule has 0 heterocycles. The summed E-state index contributed by atoms with van der Waals surface area (Å²) in [4.78, 5) is 10.5. The lowest BCUT2D eigenvalue weighted by Gasteiger charge is -2.06. The summed E-state index contributed by atoms with van der Waals surface area (Å²) in [5, 5.41) is 8.59. The number of carboxylic acids is 1. The molecule has 0 aliphatic rings. The number of allylic oxidation sites excluding steroid dienone is 1. The van der Waals surface area contributed by atoms with Gasteiger partial charge in [0, 0.05) is 0 Å². The Labute approximate surface area is 99.5 Å². The minimum absolute atomic E-state index is 0.294. The van der Waals surface area contributed by atoms with Gasteiger partial charge in [-0.05, 0) is 36.1 Å². The van der Waals surface area contributed by atoms with Crippen molar-refractivity contribution in [1.29, 1.82) is 0 Å². The van der Waals surface area contributed by atoms with Gasteiger partial charge in [-0.3, -0.25) is 0 Å². The predicted molar refractivity (Wildman–Crippen MR) is 62.8 cm³/mol. The van der Waals surface area contributed by atoms with Gasteiger partial charge < -0.3 is 9.84 Å². The van der Waals surface area contributed by atoms with E-state index in [0.29, 0.717) is 18.4 Å². The molecule has 4 heteroatoms. The molecule has 0 atom stereocenters. The van der Waals surface area contributed by atoms with Gasteiger partial charge in [-0.2, -0.15) is 4.39 Å². The molecule has 0 aromatic heterocycles. The summed E-state index contributed by atoms with van der Waals surface area (Å²) in [7, 11) is 1.57. The molecule has 1 aromatic carbocycles. The van der Waals surface area contributed by atoms with Crippen LogP contribution in [0.5, 0.6) is 5.75 Å². The van der Waals surface area contributed by atoms with Crippen molar-refractivity contribution >= 4 is 5.97 Å². The number of hydrogen-bond donors (Lipinski definition) is 1. The third kappa shape index (κ3) is 3.59. The normalized spacial score (nSPS) is 11.9. The predicted octanol–water partition coefficient (Wildman–Crippen LogP) is 2.96. The Morgan fingerprint density at radius 1 is 1.35 bits per heavy atom. The monoisotopic (exact) mass is 238 g/mol. The van der Waals surface area contributed by atoms with E-state index in [9.17, 15) is 9.18 Å². The second-order valence-electron chi connectivity index (χ2n) is 3.60. The number of rotatable bonds is 5. The molecular weight excluding hydrogens is 223 g/mol. The van der Waals surface area contributed by atoms with E-state index in [2.05, 4.69) is 0 Å². The van der Waals surface area contributed by atoms with Gasteiger partial charge in [0.15, 0.2) is 0 Å². The maximum Gasteiger partial charge on any atom is 0.364 e. The van der Waals surface area contributed by atoms with Crippen LogP contribution in [0, 0.1) is 0 Å². The molecule has 0 spiro atoms. The third-order valence-electron chi connectivity index (χ3n) is 2.50. The van der Waals surface area contributed by atoms with Gasteiger partial charge in [0.05, 0.1) is 7.11 Å². The fourth-order valence-electron chi connectivity index (χ4n) is 1.50. The summed E-state index contributed by atoms with van der Waals surface area (Å²) in [5.41, 5.74) is 1.15. The van der Waals surface area contributed by atoms with Crippen molar-refractivity contribution in [2.24, 2.45) is 0 Å². The van der Waals surface area contributed by atoms with Gasteiger partial charge in [0.1, 0.15) is 5.75 Å². The standard InChI is InChI=1S/C13H15FO3/c1-3-10(12(14)13(15)16)8-9-4-6-11(17-2)7-5-9/h4-7H,3,8H2,1-2H3,(H,15,16). The summed E-state index contributed by atoms with van der Waals surface area (Å²) in [5.74, 6) is -1.84. The highest BCUT2D eigenvalue weighted by Gasteiger charge is 2.12. The Hall–Kier alpha value is -1.84. The zero-order chi connectivity index (χ0) is 12.8. The summed E-state index contributed by atoms with van der Waals surface area (Å²) >= 11 is 0. The van der Waals surface area contributed by atoms with E-state index in [1.165, 1.54) is 0 Å². The molecule has 3 nitrogen and oxygen atoms in total. The number of hydrogen-bond acceptors (Lipinski definition) is 2. The molecule has 0 radical (unpaired) electrons. The van der Waals surface area contributed by atoms with Gasteiger partial charge in [-0.25, -0.2) is 4.79 Å². The van der Waals surface area contributed by atoms with E-state index >= 15 is 0 Å². The number of carboxylic acid groups (broad SMARTS) is 1. The first-order valence-corrected chi connectivity index (χ1v) is 5.32. The lowest BCUT2D eigenvalue weighted by atomic mass is 10.0. The average Bonchev–Trinajstić information content (AvgIpc) is 2.35. The average molecular weight is 238 g/mol. The molecule has 0 bridgehead atoms. The van der Waals surface area contributed by atoms with Crippen molar-refractivity contribution < 1.29 is 19.0 Å². The molecule has 0 saturated carbocycles. The largest absolute Gasteiger partial charge is 0.497 e. The van der Waals surface area contributed by atoms with E-state index in [4.69, 9.17) is 9.84 Å². The van der Waals surface area contributed by atoms with Gasteiger partial charge >= 0.3 is 5.97 Å². The van der Waals surface area contributed by atoms with Crippen molar-refractivity contribution in [3.63, 3.8) is 0 Å². The summed E-state index contributed by atoms with van der Waals surface area (Å²) in [6, 6.07) is 7.12. The minimum atomic E-state index is -1.50. The van der Waals surface area contributed by atoms with E-state index in [1.807, 2.05) is 0 Å². The lowest BCUT2D eigenvalue weighted by molar-refractivity contribution is -0.134. The number of methoxy groups -OCH3 is 1. The Morgan fingerprint density at radius 3 is 2.35 bits per heavy atom. The molecule has 92 valence electrons. The summed E-state index contributed by atoms with van der Waals surface area (Å²) in [6.07, 6.45) is 0.683. The van der Waals surface area contributed by atoms with Crippen LogP contribution in [-0.2, 0) is 11.2 Å². The fourth-order valence-corrected chi connectivity index (χ4v) is 1.50. The first-order valence-electron chi connectivity index (χ1n) is 5.32. The summed E-state index contributed by atoms with van der Waals surface area (Å²) in [6.45, 7) is 1.74. The first-order chi connectivity index (χ1) is 8.08. The van der Waals surface area contributed by atoms with Crippen LogP contribution in [0.4, 0.5) is 4.39 Å². The van der Waals surface area contributed by atoms with Gasteiger partial charge in [0.2, 0.25) is 5.83 Å². The van der Waals surface area contributed by atoms with Gasteiger partial charge in [-0.15, -0.1) is 0 Å². The molecule has 0 saturated heterocycles. The highest BCUT2D eigenvalue weighted by Crippen LogP contribution is 2.19. The molecule has 0 aliphatic heterocycles. The van der Waals surface area contributed by atoms with Crippen molar-refractivity contribution in [3.8, 4) is 5.75 Å². The highest BCUT2D eigenvalue weighted by atomic mass is 19.1. The quantitative estimate of drug-likeness (QED) is 0.802. The van der Waals surface area contributed by atoms with E-state index < -0.39 is 11.8 Å². The Bertz CT molecular complexity index is 421. The second-order valence-corrected chi connectivity index (χ2v) is 3.60. The van der Waals surface area contributed by atoms with Crippen LogP contribution in [0.1, 0.15) is 18.9 Å². The second kappa shape index (κ2) is 6.03. The molecule has 1 N–H and O–H groups in total. The molecule has 0 unspecified atom stereocenters. The minimum Gasteiger partial charge on any atom is -0.497 e. The molecule has 1 aromatic rings. The highest BCUT2D eigenvalue weighted by molar-refractivity contribution is 5.85. The Morgan fingerprint density at radius 2 is 1.94 bits per heavy atom. The topological polar surface area (TPSA) is 46.5 Å². The van der Waals surface area contributed by atoms with Crippen molar-refractivity contribution in [2.45, 2.75) is 19.8 Å². The van der Waals surface area contributed by atoms with Crippen molar-refractivity contribution in [1.82, 2.24) is 0 Å². The van der Waals surface area contributed by atoms with Crippen LogP contribution in [-0.4, -0.2) is 18.2 Å². The van der Waals surface area contributed by atoms with Crippen molar-refractivity contribution in [2.75, 3.05) is 7.11 Å². The van der Waals surface area contributed by atoms with Crippen LogP contribution in [0.15, 0.2) is 35.7 Å². The SMILES string of the molecule is CCC(Cc1ccc(OC)cc1)=C(F)C(=O)O. The maximum absolute atomic E-state index is 13.3. The fraction of sp³-hybridized carbons (Fsp3) is 0.308. The number of aliphatic carboxylic acids is 1. The number of ether oxygens (including phenoxy) is 1. The lowest BCUT2D eigenvalue weighted by Crippen LogP contribution is -2.02. The maximum atomic E-state index is 13.3. The van der Waals surface area contributed by atoms with E-state index in [0.717, 1.165) is 11.3 Å². The van der Waals surface area contributed by atoms with Gasteiger partial charge in [0.25, 0.3) is 0 Å². The van der Waals surface area contributed by atoms with E-state index in [-0.39, 0.29) is 0 Å². The van der Waals surface area contributed by atoms with Crippen molar-refractivity contribution in [3.05, 3.63) is 41.2 Å². The zero-order valence-corrected chi connectivity index (χ0v) is 9.87. The van der Waals surface area contributed by atoms with Crippen LogP contribution in [0.2, 0.25) is 0 Å². The number of carbonyl (C=O) groups is 1. The molecule has 1 rings (SSSR count). The Balaban J connectivity index is 2.88. The van der Waals surface area contributed by atoms with Crippen LogP contribution in [0.25, 0.3) is 0 Å². The zero-order valence-electron chi connectivity index (χ0n) is 9.87. The third-order valence-corrected chi connectivity index (χ3v) is 2.50. The number of halogens is 1. The van der Waals surface area contributed by atoms with E-state index in [1.54, 1.807) is 38.3 Å². The Kier molecular flexibility index (Phi) is 4.69. The molecule has 0 amide bonds.